The van der Waals surface area contributed by atoms with E-state index in [0.29, 0.717) is 11.3 Å². The average Bonchev–Trinajstić information content (AvgIpc) is 3.34. The summed E-state index contributed by atoms with van der Waals surface area (Å²) in [5.41, 5.74) is 16.2. The van der Waals surface area contributed by atoms with Gasteiger partial charge in [0.05, 0.1) is 23.9 Å². The first-order valence-corrected chi connectivity index (χ1v) is 21.8. The van der Waals surface area contributed by atoms with Gasteiger partial charge in [-0.1, -0.05) is 97.1 Å². The lowest BCUT2D eigenvalue weighted by molar-refractivity contribution is 0.487. The summed E-state index contributed by atoms with van der Waals surface area (Å²) in [6, 6.07) is 66.3. The molecule has 0 bridgehead atoms. The van der Waals surface area contributed by atoms with Gasteiger partial charge in [-0.3, -0.25) is 0 Å². The Hall–Kier alpha value is -8.64. The molecule has 5 heteroatoms. The highest BCUT2D eigenvalue weighted by Gasteiger charge is 2.26. The highest BCUT2D eigenvalue weighted by molar-refractivity contribution is 6.25. The van der Waals surface area contributed by atoms with Gasteiger partial charge in [-0.05, 0) is 172 Å². The molecule has 1 aliphatic rings. The number of rotatable bonds is 7. The summed E-state index contributed by atoms with van der Waals surface area (Å²) in [4.78, 5) is 8.29. The first-order valence-electron chi connectivity index (χ1n) is 21.8. The number of hydrogen-bond acceptors (Lipinski definition) is 4. The fourth-order valence-corrected chi connectivity index (χ4v) is 10.1. The molecule has 0 unspecified atom stereocenters. The van der Waals surface area contributed by atoms with Gasteiger partial charge in [-0.15, -0.1) is 0 Å². The largest absolute Gasteiger partial charge is 0.456 e. The molecule has 1 heterocycles. The Morgan fingerprint density at radius 2 is 0.969 bits per heavy atom. The van der Waals surface area contributed by atoms with Crippen LogP contribution in [0.3, 0.4) is 0 Å². The second kappa shape index (κ2) is 15.6. The summed E-state index contributed by atoms with van der Waals surface area (Å²) in [7, 11) is 0. The van der Waals surface area contributed by atoms with Crippen molar-refractivity contribution in [2.45, 2.75) is 27.7 Å². The van der Waals surface area contributed by atoms with E-state index in [1.807, 2.05) is 36.4 Å². The smallest absolute Gasteiger partial charge is 0.187 e. The number of hydrogen-bond donors (Lipinski definition) is 0. The molecule has 0 saturated carbocycles. The molecule has 10 aromatic rings. The van der Waals surface area contributed by atoms with E-state index in [4.69, 9.17) is 11.3 Å². The zero-order chi connectivity index (χ0) is 44.3. The van der Waals surface area contributed by atoms with E-state index in [2.05, 4.69) is 194 Å². The molecule has 0 N–H and O–H groups in total. The fourth-order valence-electron chi connectivity index (χ4n) is 10.1. The number of ether oxygens (including phenoxy) is 1. The van der Waals surface area contributed by atoms with Crippen LogP contribution in [0.5, 0.6) is 11.5 Å². The van der Waals surface area contributed by atoms with Crippen molar-refractivity contribution in [3.05, 3.63) is 221 Å². The molecule has 0 aromatic heterocycles. The molecule has 1 aliphatic heterocycles. The van der Waals surface area contributed by atoms with Gasteiger partial charge in [0.15, 0.2) is 5.69 Å². The Bertz CT molecular complexity index is 3590. The van der Waals surface area contributed by atoms with Crippen LogP contribution in [-0.4, -0.2) is 0 Å². The third-order valence-electron chi connectivity index (χ3n) is 12.8. The molecule has 0 amide bonds. The van der Waals surface area contributed by atoms with Crippen LogP contribution in [0, 0.1) is 45.6 Å². The van der Waals surface area contributed by atoms with Crippen molar-refractivity contribution in [3.8, 4) is 39.8 Å². The van der Waals surface area contributed by atoms with Crippen LogP contribution in [0.25, 0.3) is 59.4 Å². The lowest BCUT2D eigenvalue weighted by Crippen LogP contribution is -2.13. The van der Waals surface area contributed by atoms with Gasteiger partial charge in [0.1, 0.15) is 11.5 Å². The lowest BCUT2D eigenvalue weighted by atomic mass is 9.86. The number of nitriles is 1. The highest BCUT2D eigenvalue weighted by Crippen LogP contribution is 2.52. The van der Waals surface area contributed by atoms with Gasteiger partial charge in [0.2, 0.25) is 0 Å². The molecule has 0 fully saturated rings. The minimum absolute atomic E-state index is 0.648. The van der Waals surface area contributed by atoms with Crippen LogP contribution in [0.15, 0.2) is 182 Å². The van der Waals surface area contributed by atoms with Gasteiger partial charge in [-0.2, -0.15) is 5.26 Å². The molecule has 0 atom stereocenters. The monoisotopic (exact) mass is 834 g/mol. The topological polar surface area (TPSA) is 43.9 Å². The Morgan fingerprint density at radius 3 is 1.60 bits per heavy atom. The Labute approximate surface area is 379 Å². The number of para-hydroxylation sites is 2. The van der Waals surface area contributed by atoms with E-state index in [-0.39, 0.29) is 0 Å². The van der Waals surface area contributed by atoms with Crippen LogP contribution in [0.1, 0.15) is 27.8 Å². The van der Waals surface area contributed by atoms with Crippen LogP contribution >= 0.6 is 0 Å². The number of fused-ring (bicyclic) bond motifs is 6. The molecule has 308 valence electrons. The first kappa shape index (κ1) is 39.2. The summed E-state index contributed by atoms with van der Waals surface area (Å²) >= 11 is 0. The lowest BCUT2D eigenvalue weighted by Gasteiger charge is -2.30. The summed E-state index contributed by atoms with van der Waals surface area (Å²) in [5.74, 6) is 1.63. The van der Waals surface area contributed by atoms with E-state index in [9.17, 15) is 5.26 Å². The third-order valence-corrected chi connectivity index (χ3v) is 12.8. The van der Waals surface area contributed by atoms with E-state index < -0.39 is 0 Å². The van der Waals surface area contributed by atoms with Crippen LogP contribution in [0.2, 0.25) is 0 Å². The Balaban J connectivity index is 1.05. The van der Waals surface area contributed by atoms with Crippen molar-refractivity contribution < 1.29 is 4.74 Å². The molecule has 0 aliphatic carbocycles. The number of benzene rings is 10. The van der Waals surface area contributed by atoms with Gasteiger partial charge < -0.3 is 14.5 Å². The predicted molar refractivity (Wildman–Crippen MR) is 269 cm³/mol. The van der Waals surface area contributed by atoms with Gasteiger partial charge in [0.25, 0.3) is 0 Å². The van der Waals surface area contributed by atoms with E-state index in [0.717, 1.165) is 101 Å². The molecular formula is C60H42N4O. The number of aryl methyl sites for hydroxylation is 4. The van der Waals surface area contributed by atoms with Crippen molar-refractivity contribution in [1.82, 2.24) is 0 Å². The zero-order valence-corrected chi connectivity index (χ0v) is 36.5. The Morgan fingerprint density at radius 1 is 0.446 bits per heavy atom. The molecule has 0 saturated heterocycles. The minimum Gasteiger partial charge on any atom is -0.456 e. The predicted octanol–water partition coefficient (Wildman–Crippen LogP) is 17.2. The molecule has 10 aromatic carbocycles. The fraction of sp³-hybridized carbons (Fsp3) is 0.0667. The van der Waals surface area contributed by atoms with Crippen molar-refractivity contribution in [2.75, 3.05) is 9.80 Å². The first-order chi connectivity index (χ1) is 31.8. The standard InChI is InChI=1S/C60H42N4O/c1-37-29-41(36-61)30-38(2)59(37)64(45-17-10-7-11-18-45)47-27-28-50-55-35-53-49-20-13-12-19-48(49)52(34-54(53)51-21-14-22-56(58(51)55)65-57(50)33-47)42-23-25-46(26-24-42)63(44-15-8-6-9-16-44)60-39(3)31-43(62-5)32-40(60)4/h6-35H,1-4H3. The maximum absolute atomic E-state index is 9.75. The minimum atomic E-state index is 0.648. The summed E-state index contributed by atoms with van der Waals surface area (Å²) in [6.45, 7) is 16.0. The highest BCUT2D eigenvalue weighted by atomic mass is 16.5. The van der Waals surface area contributed by atoms with Gasteiger partial charge in [0, 0.05) is 45.5 Å². The zero-order valence-electron chi connectivity index (χ0n) is 36.5. The molecule has 0 spiro atoms. The normalized spacial score (nSPS) is 11.5. The molecule has 5 nitrogen and oxygen atoms in total. The van der Waals surface area contributed by atoms with Crippen molar-refractivity contribution in [2.24, 2.45) is 0 Å². The second-order valence-electron chi connectivity index (χ2n) is 16.9. The van der Waals surface area contributed by atoms with Crippen LogP contribution in [0.4, 0.5) is 39.8 Å². The van der Waals surface area contributed by atoms with Gasteiger partial charge in [-0.25, -0.2) is 4.85 Å². The van der Waals surface area contributed by atoms with Crippen LogP contribution in [-0.2, 0) is 0 Å². The maximum Gasteiger partial charge on any atom is 0.187 e. The third kappa shape index (κ3) is 6.53. The SMILES string of the molecule is [C-]#[N+]c1cc(C)c(N(c2ccccc2)c2ccc(-c3cc4c5cccc6c5c(cc4c4ccccc34)-c3ccc(N(c4ccccc4)c4c(C)cc(C#N)cc4C)cc3O6)cc2)c(C)c1. The van der Waals surface area contributed by atoms with Crippen LogP contribution < -0.4 is 14.5 Å². The number of nitrogens with zero attached hydrogens (tertiary/aromatic N) is 4. The quantitative estimate of drug-likeness (QED) is 0.118. The maximum atomic E-state index is 9.75. The molecule has 0 radical (unpaired) electrons. The summed E-state index contributed by atoms with van der Waals surface area (Å²) < 4.78 is 6.91. The molecule has 65 heavy (non-hydrogen) atoms. The summed E-state index contributed by atoms with van der Waals surface area (Å²) in [6.07, 6.45) is 0. The van der Waals surface area contributed by atoms with Crippen molar-refractivity contribution >= 4 is 72.1 Å². The van der Waals surface area contributed by atoms with Gasteiger partial charge >= 0.3 is 0 Å². The van der Waals surface area contributed by atoms with Crippen molar-refractivity contribution in [3.63, 3.8) is 0 Å². The van der Waals surface area contributed by atoms with E-state index in [1.165, 1.54) is 21.5 Å². The summed E-state index contributed by atoms with van der Waals surface area (Å²) in [5, 5.41) is 16.7. The molecular weight excluding hydrogens is 793 g/mol. The average molecular weight is 835 g/mol. The number of anilines is 6. The Kier molecular flexibility index (Phi) is 9.42. The van der Waals surface area contributed by atoms with E-state index in [1.54, 1.807) is 0 Å². The second-order valence-corrected chi connectivity index (χ2v) is 16.9. The molecule has 11 rings (SSSR count). The van der Waals surface area contributed by atoms with Crippen molar-refractivity contribution in [1.29, 1.82) is 5.26 Å². The van der Waals surface area contributed by atoms with E-state index >= 15 is 0 Å².